The van der Waals surface area contributed by atoms with Crippen molar-refractivity contribution in [2.75, 3.05) is 13.2 Å². The van der Waals surface area contributed by atoms with E-state index in [9.17, 15) is 34.5 Å². The number of carbonyl (C=O) groups excluding carboxylic acids is 3. The first-order chi connectivity index (χ1) is 37.6. The topological polar surface area (TPSA) is 175 Å². The maximum absolute atomic E-state index is 13.2. The van der Waals surface area contributed by atoms with E-state index >= 15 is 0 Å². The number of ether oxygens (including phenoxy) is 5. The van der Waals surface area contributed by atoms with Crippen LogP contribution in [0.5, 0.6) is 0 Å². The summed E-state index contributed by atoms with van der Waals surface area (Å²) in [6.45, 7) is 5.75. The fraction of sp³-hybridized carbons (Fsp3) is 0.723. The number of carboxylic acids is 1. The van der Waals surface area contributed by atoms with Crippen molar-refractivity contribution in [1.82, 2.24) is 0 Å². The Kier molecular flexibility index (Phi) is 48.4. The molecule has 0 aromatic rings. The quantitative estimate of drug-likeness (QED) is 0.0228. The van der Waals surface area contributed by atoms with Gasteiger partial charge in [0.2, 0.25) is 0 Å². The molecule has 6 unspecified atom stereocenters. The summed E-state index contributed by atoms with van der Waals surface area (Å²) in [5.74, 6) is -3.17. The van der Waals surface area contributed by atoms with Gasteiger partial charge < -0.3 is 39.0 Å². The molecule has 12 heteroatoms. The summed E-state index contributed by atoms with van der Waals surface area (Å²) in [5, 5.41) is 31.5. The zero-order chi connectivity index (χ0) is 56.1. The van der Waals surface area contributed by atoms with Crippen molar-refractivity contribution in [2.24, 2.45) is 0 Å². The highest BCUT2D eigenvalue weighted by molar-refractivity contribution is 5.74. The molecule has 0 aromatic carbocycles. The zero-order valence-electron chi connectivity index (χ0n) is 48.4. The Morgan fingerprint density at radius 1 is 0.442 bits per heavy atom. The molecule has 12 nitrogen and oxygen atoms in total. The Hall–Kier alpha value is -4.10. The maximum Gasteiger partial charge on any atom is 0.335 e. The fourth-order valence-corrected chi connectivity index (χ4v) is 8.84. The standard InChI is InChI=1S/C65H108O12/c1-4-7-10-13-16-19-22-25-28-29-32-33-36-39-42-45-48-51-57(66)73-54-56(75-58(67)52-49-46-43-40-37-34-30-26-23-20-17-14-11-8-5-2)55-74-65-63(61(70)60(69)62(77-65)64(71)72)76-59(68)53-50-47-44-41-38-35-31-27-24-21-18-15-12-9-6-3/h7,9-10,12,16,18-19,21,25,27-28,31-33,56,60-63,65,69-70H,4-6,8,11,13-15,17,20,22-24,26,29-30,34-55H2,1-3H3,(H,71,72)/b10-7-,12-9-,19-16-,21-18-,28-25-,31-27-,33-32-. The van der Waals surface area contributed by atoms with Crippen LogP contribution in [-0.2, 0) is 42.9 Å². The van der Waals surface area contributed by atoms with Crippen LogP contribution >= 0.6 is 0 Å². The van der Waals surface area contributed by atoms with Gasteiger partial charge in [0.05, 0.1) is 6.61 Å². The molecule has 1 aliphatic rings. The molecule has 6 atom stereocenters. The molecular weight excluding hydrogens is 973 g/mol. The summed E-state index contributed by atoms with van der Waals surface area (Å²) in [6, 6.07) is 0. The number of aliphatic carboxylic acids is 1. The molecule has 1 saturated heterocycles. The Bertz CT molecular complexity index is 1660. The third-order valence-electron chi connectivity index (χ3n) is 13.5. The molecule has 1 heterocycles. The van der Waals surface area contributed by atoms with Crippen molar-refractivity contribution >= 4 is 23.9 Å². The lowest BCUT2D eigenvalue weighted by Crippen LogP contribution is -2.61. The van der Waals surface area contributed by atoms with E-state index in [1.165, 1.54) is 70.6 Å². The van der Waals surface area contributed by atoms with Crippen LogP contribution in [0.25, 0.3) is 0 Å². The smallest absolute Gasteiger partial charge is 0.335 e. The molecular formula is C65H108O12. The summed E-state index contributed by atoms with van der Waals surface area (Å²) in [5.41, 5.74) is 0. The van der Waals surface area contributed by atoms with Gasteiger partial charge in [0, 0.05) is 19.3 Å². The molecule has 1 aliphatic heterocycles. The summed E-state index contributed by atoms with van der Waals surface area (Å²) in [4.78, 5) is 51.2. The maximum atomic E-state index is 13.2. The van der Waals surface area contributed by atoms with Gasteiger partial charge >= 0.3 is 23.9 Å². The van der Waals surface area contributed by atoms with E-state index in [0.29, 0.717) is 19.3 Å². The van der Waals surface area contributed by atoms with Crippen LogP contribution in [0.3, 0.4) is 0 Å². The van der Waals surface area contributed by atoms with Gasteiger partial charge in [-0.3, -0.25) is 14.4 Å². The Balaban J connectivity index is 2.71. The lowest BCUT2D eigenvalue weighted by atomic mass is 9.98. The van der Waals surface area contributed by atoms with Crippen LogP contribution in [0, 0.1) is 0 Å². The minimum Gasteiger partial charge on any atom is -0.479 e. The van der Waals surface area contributed by atoms with E-state index < -0.39 is 67.3 Å². The van der Waals surface area contributed by atoms with Gasteiger partial charge in [-0.25, -0.2) is 4.79 Å². The molecule has 3 N–H and O–H groups in total. The van der Waals surface area contributed by atoms with E-state index in [1.807, 2.05) is 0 Å². The third kappa shape index (κ3) is 42.5. The van der Waals surface area contributed by atoms with Crippen LogP contribution in [0.1, 0.15) is 252 Å². The summed E-state index contributed by atoms with van der Waals surface area (Å²) < 4.78 is 28.4. The van der Waals surface area contributed by atoms with E-state index in [2.05, 4.69) is 106 Å². The molecule has 0 aromatic heterocycles. The van der Waals surface area contributed by atoms with Crippen molar-refractivity contribution in [3.05, 3.63) is 85.1 Å². The second-order valence-corrected chi connectivity index (χ2v) is 20.6. The largest absolute Gasteiger partial charge is 0.479 e. The van der Waals surface area contributed by atoms with Crippen molar-refractivity contribution in [3.8, 4) is 0 Å². The number of aliphatic hydroxyl groups excluding tert-OH is 2. The van der Waals surface area contributed by atoms with Crippen LogP contribution in [0.4, 0.5) is 0 Å². The monoisotopic (exact) mass is 1080 g/mol. The van der Waals surface area contributed by atoms with Crippen molar-refractivity contribution in [3.63, 3.8) is 0 Å². The van der Waals surface area contributed by atoms with Crippen LogP contribution in [0.2, 0.25) is 0 Å². The molecule has 0 aliphatic carbocycles. The van der Waals surface area contributed by atoms with Gasteiger partial charge in [0.25, 0.3) is 0 Å². The number of carbonyl (C=O) groups is 4. The Labute approximate surface area is 467 Å². The first-order valence-corrected chi connectivity index (χ1v) is 30.6. The highest BCUT2D eigenvalue weighted by Crippen LogP contribution is 2.26. The zero-order valence-corrected chi connectivity index (χ0v) is 48.4. The van der Waals surface area contributed by atoms with Crippen LogP contribution in [0.15, 0.2) is 85.1 Å². The van der Waals surface area contributed by atoms with E-state index in [0.717, 1.165) is 122 Å². The van der Waals surface area contributed by atoms with Crippen LogP contribution < -0.4 is 0 Å². The molecule has 440 valence electrons. The van der Waals surface area contributed by atoms with E-state index in [-0.39, 0.29) is 25.9 Å². The predicted molar refractivity (Wildman–Crippen MR) is 312 cm³/mol. The van der Waals surface area contributed by atoms with Crippen molar-refractivity contribution in [2.45, 2.75) is 289 Å². The lowest BCUT2D eigenvalue weighted by Gasteiger charge is -2.40. The average Bonchev–Trinajstić information content (AvgIpc) is 3.42. The van der Waals surface area contributed by atoms with E-state index in [4.69, 9.17) is 23.7 Å². The molecule has 0 saturated carbocycles. The fourth-order valence-electron chi connectivity index (χ4n) is 8.84. The Morgan fingerprint density at radius 2 is 0.818 bits per heavy atom. The molecule has 0 bridgehead atoms. The molecule has 0 amide bonds. The van der Waals surface area contributed by atoms with Gasteiger partial charge in [-0.15, -0.1) is 0 Å². The summed E-state index contributed by atoms with van der Waals surface area (Å²) in [6.07, 6.45) is 55.4. The van der Waals surface area contributed by atoms with Crippen LogP contribution in [-0.4, -0.2) is 89.2 Å². The minimum absolute atomic E-state index is 0.0366. The summed E-state index contributed by atoms with van der Waals surface area (Å²) >= 11 is 0. The number of unbranched alkanes of at least 4 members (excludes halogenated alkanes) is 23. The third-order valence-corrected chi connectivity index (χ3v) is 13.5. The summed E-state index contributed by atoms with van der Waals surface area (Å²) in [7, 11) is 0. The predicted octanol–water partition coefficient (Wildman–Crippen LogP) is 15.9. The van der Waals surface area contributed by atoms with E-state index in [1.54, 1.807) is 0 Å². The van der Waals surface area contributed by atoms with Crippen molar-refractivity contribution in [1.29, 1.82) is 0 Å². The lowest BCUT2D eigenvalue weighted by molar-refractivity contribution is -0.301. The van der Waals surface area contributed by atoms with Gasteiger partial charge in [-0.2, -0.15) is 0 Å². The highest BCUT2D eigenvalue weighted by atomic mass is 16.7. The van der Waals surface area contributed by atoms with Crippen molar-refractivity contribution < 1.29 is 58.2 Å². The molecule has 1 fully saturated rings. The molecule has 1 rings (SSSR count). The molecule has 77 heavy (non-hydrogen) atoms. The first kappa shape index (κ1) is 70.9. The number of hydrogen-bond donors (Lipinski definition) is 3. The molecule has 0 radical (unpaired) electrons. The number of hydrogen-bond acceptors (Lipinski definition) is 11. The Morgan fingerprint density at radius 3 is 1.25 bits per heavy atom. The van der Waals surface area contributed by atoms with Gasteiger partial charge in [-0.05, 0) is 89.9 Å². The SMILES string of the molecule is CC/C=C\C/C=C\C/C=C\C/C=C\CCCCCCC(=O)OCC(COC1OC(C(=O)O)C(O)C(O)C1OC(=O)CCCCCCC/C=C\C/C=C\C/C=C\CC)OC(=O)CCCCCCCCCCCCCCCCC. The second-order valence-electron chi connectivity index (χ2n) is 20.6. The van der Waals surface area contributed by atoms with Gasteiger partial charge in [0.1, 0.15) is 18.8 Å². The molecule has 0 spiro atoms. The minimum atomic E-state index is -1.91. The number of rotatable bonds is 51. The number of aliphatic hydroxyl groups is 2. The second kappa shape index (κ2) is 52.6. The van der Waals surface area contributed by atoms with Gasteiger partial charge in [0.15, 0.2) is 24.6 Å². The average molecular weight is 1080 g/mol. The normalized spacial score (nSPS) is 18.6. The van der Waals surface area contributed by atoms with Gasteiger partial charge in [-0.1, -0.05) is 228 Å². The first-order valence-electron chi connectivity index (χ1n) is 30.6. The number of esters is 3. The number of carboxylic acid groups (broad SMARTS) is 1. The highest BCUT2D eigenvalue weighted by Gasteiger charge is 2.50. The number of allylic oxidation sites excluding steroid dienone is 14.